The summed E-state index contributed by atoms with van der Waals surface area (Å²) >= 11 is 0. The summed E-state index contributed by atoms with van der Waals surface area (Å²) in [6.07, 6.45) is 3.50. The van der Waals surface area contributed by atoms with Gasteiger partial charge in [0.2, 0.25) is 5.95 Å². The van der Waals surface area contributed by atoms with Gasteiger partial charge in [-0.3, -0.25) is 0 Å². The van der Waals surface area contributed by atoms with Gasteiger partial charge in [-0.05, 0) is 26.1 Å². The Labute approximate surface area is 91.7 Å². The van der Waals surface area contributed by atoms with Crippen LogP contribution in [0, 0.1) is 0 Å². The van der Waals surface area contributed by atoms with E-state index in [0.29, 0.717) is 12.0 Å². The highest BCUT2D eigenvalue weighted by atomic mass is 15.2. The Hall–Kier alpha value is -1.16. The number of nitrogens with one attached hydrogen (secondary N) is 1. The van der Waals surface area contributed by atoms with Crippen LogP contribution in [0.5, 0.6) is 0 Å². The normalized spacial score (nSPS) is 12.8. The summed E-state index contributed by atoms with van der Waals surface area (Å²) in [6, 6.07) is 2.19. The van der Waals surface area contributed by atoms with Crippen molar-refractivity contribution in [2.75, 3.05) is 25.0 Å². The van der Waals surface area contributed by atoms with Crippen molar-refractivity contribution in [3.8, 4) is 0 Å². The van der Waals surface area contributed by atoms with Crippen LogP contribution in [0.1, 0.15) is 20.8 Å². The number of aromatic nitrogens is 2. The van der Waals surface area contributed by atoms with Crippen molar-refractivity contribution in [3.05, 3.63) is 18.5 Å². The van der Waals surface area contributed by atoms with E-state index in [1.54, 1.807) is 12.4 Å². The van der Waals surface area contributed by atoms with Gasteiger partial charge in [0.25, 0.3) is 0 Å². The van der Waals surface area contributed by atoms with Crippen LogP contribution < -0.4 is 5.32 Å². The van der Waals surface area contributed by atoms with E-state index < -0.39 is 0 Å². The Kier molecular flexibility index (Phi) is 5.04. The van der Waals surface area contributed by atoms with Gasteiger partial charge in [-0.2, -0.15) is 0 Å². The maximum atomic E-state index is 4.14. The molecular formula is C11H20N4. The lowest BCUT2D eigenvalue weighted by atomic mass is 10.3. The molecule has 1 aromatic rings. The molecule has 15 heavy (non-hydrogen) atoms. The number of nitrogens with zero attached hydrogens (tertiary/aromatic N) is 3. The highest BCUT2D eigenvalue weighted by molar-refractivity contribution is 5.23. The number of anilines is 1. The van der Waals surface area contributed by atoms with Crippen molar-refractivity contribution in [2.45, 2.75) is 26.8 Å². The van der Waals surface area contributed by atoms with Crippen LogP contribution in [0.15, 0.2) is 18.5 Å². The Morgan fingerprint density at radius 1 is 1.27 bits per heavy atom. The molecule has 1 aromatic heterocycles. The molecule has 0 aliphatic rings. The van der Waals surface area contributed by atoms with E-state index >= 15 is 0 Å². The zero-order chi connectivity index (χ0) is 11.1. The highest BCUT2D eigenvalue weighted by Gasteiger charge is 2.07. The molecule has 1 N–H and O–H groups in total. The Bertz CT molecular complexity index is 259. The lowest BCUT2D eigenvalue weighted by Crippen LogP contribution is -2.35. The minimum absolute atomic E-state index is 0.368. The molecule has 1 atom stereocenters. The molecule has 1 unspecified atom stereocenters. The van der Waals surface area contributed by atoms with Gasteiger partial charge in [0, 0.05) is 25.0 Å². The van der Waals surface area contributed by atoms with Crippen molar-refractivity contribution in [3.63, 3.8) is 0 Å². The van der Waals surface area contributed by atoms with Crippen LogP contribution in [-0.2, 0) is 0 Å². The summed E-state index contributed by atoms with van der Waals surface area (Å²) in [5, 5.41) is 3.28. The molecule has 0 amide bonds. The molecule has 0 aliphatic carbocycles. The van der Waals surface area contributed by atoms with Crippen molar-refractivity contribution >= 4 is 5.95 Å². The number of hydrogen-bond acceptors (Lipinski definition) is 4. The average Bonchev–Trinajstić information content (AvgIpc) is 2.27. The molecular weight excluding hydrogens is 188 g/mol. The second kappa shape index (κ2) is 6.35. The van der Waals surface area contributed by atoms with E-state index in [9.17, 15) is 0 Å². The van der Waals surface area contributed by atoms with Crippen LogP contribution in [0.4, 0.5) is 5.95 Å². The molecule has 0 bridgehead atoms. The fourth-order valence-electron chi connectivity index (χ4n) is 1.51. The maximum absolute atomic E-state index is 4.14. The minimum Gasteiger partial charge on any atom is -0.350 e. The fourth-order valence-corrected chi connectivity index (χ4v) is 1.51. The molecule has 0 fully saturated rings. The van der Waals surface area contributed by atoms with Crippen LogP contribution >= 0.6 is 0 Å². The lowest BCUT2D eigenvalue weighted by Gasteiger charge is -2.23. The minimum atomic E-state index is 0.368. The largest absolute Gasteiger partial charge is 0.350 e. The zero-order valence-electron chi connectivity index (χ0n) is 9.77. The standard InChI is InChI=1S/C11H20N4/c1-4-15(5-2)9-10(3)14-11-12-7-6-8-13-11/h6-8,10H,4-5,9H2,1-3H3,(H,12,13,14). The van der Waals surface area contributed by atoms with Crippen molar-refractivity contribution in [1.29, 1.82) is 0 Å². The molecule has 0 spiro atoms. The second-order valence-electron chi connectivity index (χ2n) is 3.60. The molecule has 4 heteroatoms. The lowest BCUT2D eigenvalue weighted by molar-refractivity contribution is 0.294. The highest BCUT2D eigenvalue weighted by Crippen LogP contribution is 2.00. The monoisotopic (exact) mass is 208 g/mol. The average molecular weight is 208 g/mol. The topological polar surface area (TPSA) is 41.0 Å². The fraction of sp³-hybridized carbons (Fsp3) is 0.636. The first-order chi connectivity index (χ1) is 7.26. The maximum Gasteiger partial charge on any atom is 0.222 e. The first kappa shape index (κ1) is 11.9. The number of likely N-dealkylation sites (N-methyl/N-ethyl adjacent to an activating group) is 1. The summed E-state index contributed by atoms with van der Waals surface area (Å²) in [6.45, 7) is 9.68. The summed E-state index contributed by atoms with van der Waals surface area (Å²) in [5.74, 6) is 0.706. The number of rotatable bonds is 6. The van der Waals surface area contributed by atoms with Gasteiger partial charge >= 0.3 is 0 Å². The molecule has 1 rings (SSSR count). The Balaban J connectivity index is 2.39. The van der Waals surface area contributed by atoms with E-state index in [4.69, 9.17) is 0 Å². The summed E-state index contributed by atoms with van der Waals surface area (Å²) in [4.78, 5) is 10.6. The van der Waals surface area contributed by atoms with E-state index in [-0.39, 0.29) is 0 Å². The second-order valence-corrected chi connectivity index (χ2v) is 3.60. The third kappa shape index (κ3) is 4.25. The van der Waals surface area contributed by atoms with E-state index in [2.05, 4.69) is 41.0 Å². The third-order valence-electron chi connectivity index (χ3n) is 2.37. The molecule has 0 saturated heterocycles. The smallest absolute Gasteiger partial charge is 0.222 e. The van der Waals surface area contributed by atoms with Gasteiger partial charge in [0.05, 0.1) is 0 Å². The van der Waals surface area contributed by atoms with Crippen LogP contribution in [0.2, 0.25) is 0 Å². The van der Waals surface area contributed by atoms with Gasteiger partial charge in [0.1, 0.15) is 0 Å². The predicted octanol–water partition coefficient (Wildman–Crippen LogP) is 1.62. The van der Waals surface area contributed by atoms with Crippen LogP contribution in [-0.4, -0.2) is 40.5 Å². The summed E-state index contributed by atoms with van der Waals surface area (Å²) in [7, 11) is 0. The van der Waals surface area contributed by atoms with Gasteiger partial charge in [-0.15, -0.1) is 0 Å². The van der Waals surface area contributed by atoms with E-state index in [1.165, 1.54) is 0 Å². The molecule has 0 saturated carbocycles. The van der Waals surface area contributed by atoms with E-state index in [1.807, 2.05) is 6.07 Å². The Morgan fingerprint density at radius 2 is 1.87 bits per heavy atom. The number of hydrogen-bond donors (Lipinski definition) is 1. The predicted molar refractivity (Wildman–Crippen MR) is 62.9 cm³/mol. The molecule has 1 heterocycles. The van der Waals surface area contributed by atoms with Crippen LogP contribution in [0.3, 0.4) is 0 Å². The SMILES string of the molecule is CCN(CC)CC(C)Nc1ncccn1. The first-order valence-corrected chi connectivity index (χ1v) is 5.52. The van der Waals surface area contributed by atoms with Gasteiger partial charge in [-0.1, -0.05) is 13.8 Å². The first-order valence-electron chi connectivity index (χ1n) is 5.52. The third-order valence-corrected chi connectivity index (χ3v) is 2.37. The van der Waals surface area contributed by atoms with E-state index in [0.717, 1.165) is 19.6 Å². The quantitative estimate of drug-likeness (QED) is 0.771. The van der Waals surface area contributed by atoms with Crippen molar-refractivity contribution < 1.29 is 0 Å². The van der Waals surface area contributed by atoms with Crippen molar-refractivity contribution in [2.24, 2.45) is 0 Å². The summed E-state index contributed by atoms with van der Waals surface area (Å²) in [5.41, 5.74) is 0. The molecule has 0 aliphatic heterocycles. The molecule has 4 nitrogen and oxygen atoms in total. The van der Waals surface area contributed by atoms with Gasteiger partial charge in [-0.25, -0.2) is 9.97 Å². The molecule has 0 radical (unpaired) electrons. The summed E-state index contributed by atoms with van der Waals surface area (Å²) < 4.78 is 0. The van der Waals surface area contributed by atoms with Gasteiger partial charge < -0.3 is 10.2 Å². The molecule has 0 aromatic carbocycles. The van der Waals surface area contributed by atoms with Crippen molar-refractivity contribution in [1.82, 2.24) is 14.9 Å². The van der Waals surface area contributed by atoms with Crippen LogP contribution in [0.25, 0.3) is 0 Å². The Morgan fingerprint density at radius 3 is 2.40 bits per heavy atom. The van der Waals surface area contributed by atoms with Gasteiger partial charge in [0.15, 0.2) is 0 Å². The molecule has 84 valence electrons. The zero-order valence-corrected chi connectivity index (χ0v) is 9.77.